The molecule has 0 spiro atoms. The Labute approximate surface area is 206 Å². The monoisotopic (exact) mass is 483 g/mol. The summed E-state index contributed by atoms with van der Waals surface area (Å²) in [5.41, 5.74) is 3.09. The van der Waals surface area contributed by atoms with Crippen molar-refractivity contribution >= 4 is 0 Å². The fourth-order valence-corrected chi connectivity index (χ4v) is 2.46. The van der Waals surface area contributed by atoms with Gasteiger partial charge in [0, 0.05) is 47.4 Å². The van der Waals surface area contributed by atoms with E-state index in [4.69, 9.17) is 8.83 Å². The highest BCUT2D eigenvalue weighted by Crippen LogP contribution is 1.97. The Morgan fingerprint density at radius 2 is 1.43 bits per heavy atom. The Morgan fingerprint density at radius 1 is 0.714 bits per heavy atom. The Morgan fingerprint density at radius 3 is 1.57 bits per heavy atom. The minimum absolute atomic E-state index is 0.734. The summed E-state index contributed by atoms with van der Waals surface area (Å²) in [7, 11) is 5.72. The van der Waals surface area contributed by atoms with E-state index in [0.29, 0.717) is 0 Å². The molecule has 0 fully saturated rings. The van der Waals surface area contributed by atoms with Crippen LogP contribution < -0.4 is 0 Å². The zero-order valence-electron chi connectivity index (χ0n) is 22.4. The van der Waals surface area contributed by atoms with Gasteiger partial charge < -0.3 is 13.4 Å². The number of nitrogens with zero attached hydrogens (tertiary/aromatic N) is 9. The average Bonchev–Trinajstić information content (AvgIpc) is 3.59. The molecule has 0 saturated heterocycles. The predicted octanol–water partition coefficient (Wildman–Crippen LogP) is 4.16. The third-order valence-electron chi connectivity index (χ3n) is 3.87. The summed E-state index contributed by atoms with van der Waals surface area (Å²) in [5, 5.41) is 7.94. The van der Waals surface area contributed by atoms with Gasteiger partial charge in [-0.2, -0.15) is 10.2 Å². The number of imidazole rings is 1. The van der Waals surface area contributed by atoms with Gasteiger partial charge in [-0.25, -0.2) is 19.9 Å². The van der Waals surface area contributed by atoms with Crippen LogP contribution in [0.5, 0.6) is 0 Å². The number of hydrogen-bond acceptors (Lipinski definition) is 8. The molecule has 0 bridgehead atoms. The molecular formula is C24H37N9O2. The van der Waals surface area contributed by atoms with Gasteiger partial charge in [0.1, 0.15) is 24.2 Å². The van der Waals surface area contributed by atoms with Crippen LogP contribution in [-0.4, -0.2) is 44.1 Å². The van der Waals surface area contributed by atoms with E-state index in [2.05, 4.69) is 30.1 Å². The van der Waals surface area contributed by atoms with Crippen LogP contribution in [0.15, 0.2) is 52.4 Å². The van der Waals surface area contributed by atoms with Gasteiger partial charge in [-0.1, -0.05) is 0 Å². The zero-order valence-corrected chi connectivity index (χ0v) is 22.4. The molecule has 190 valence electrons. The predicted molar refractivity (Wildman–Crippen MR) is 134 cm³/mol. The molecular weight excluding hydrogens is 446 g/mol. The SMILES string of the molecule is Cc1ccn(C)n1.Cc1cn(C)cn1.Cc1cnc(C)o1.Cc1coc(C)n1.Cc1ncn(C)n1. The Balaban J connectivity index is 0.000000219. The second kappa shape index (κ2) is 15.0. The van der Waals surface area contributed by atoms with Gasteiger partial charge in [0.25, 0.3) is 0 Å². The highest BCUT2D eigenvalue weighted by Gasteiger charge is 1.88. The average molecular weight is 484 g/mol. The van der Waals surface area contributed by atoms with Gasteiger partial charge >= 0.3 is 0 Å². The van der Waals surface area contributed by atoms with Crippen molar-refractivity contribution < 1.29 is 8.83 Å². The van der Waals surface area contributed by atoms with E-state index in [1.165, 1.54) is 0 Å². The van der Waals surface area contributed by atoms with Crippen molar-refractivity contribution in [2.75, 3.05) is 0 Å². The maximum absolute atomic E-state index is 4.97. The molecule has 5 aromatic heterocycles. The number of aromatic nitrogens is 9. The van der Waals surface area contributed by atoms with Crippen molar-refractivity contribution in [3.05, 3.63) is 84.0 Å². The largest absolute Gasteiger partial charge is 0.449 e. The molecule has 0 unspecified atom stereocenters. The van der Waals surface area contributed by atoms with Crippen LogP contribution in [0.1, 0.15) is 40.4 Å². The maximum Gasteiger partial charge on any atom is 0.191 e. The lowest BCUT2D eigenvalue weighted by Gasteiger charge is -1.79. The van der Waals surface area contributed by atoms with Gasteiger partial charge in [-0.3, -0.25) is 9.36 Å². The minimum atomic E-state index is 0.734. The van der Waals surface area contributed by atoms with E-state index in [1.807, 2.05) is 92.6 Å². The van der Waals surface area contributed by atoms with Crippen molar-refractivity contribution in [3.8, 4) is 0 Å². The lowest BCUT2D eigenvalue weighted by molar-refractivity contribution is 0.494. The molecule has 5 aromatic rings. The summed E-state index contributed by atoms with van der Waals surface area (Å²) in [6.45, 7) is 13.2. The van der Waals surface area contributed by atoms with Crippen molar-refractivity contribution in [1.29, 1.82) is 0 Å². The molecule has 0 aliphatic rings. The summed E-state index contributed by atoms with van der Waals surface area (Å²) in [4.78, 5) is 15.6. The number of oxazole rings is 2. The molecule has 0 atom stereocenters. The van der Waals surface area contributed by atoms with E-state index < -0.39 is 0 Å². The minimum Gasteiger partial charge on any atom is -0.449 e. The molecule has 0 N–H and O–H groups in total. The van der Waals surface area contributed by atoms with Crippen LogP contribution in [0.25, 0.3) is 0 Å². The lowest BCUT2D eigenvalue weighted by Crippen LogP contribution is -1.86. The van der Waals surface area contributed by atoms with Crippen LogP contribution >= 0.6 is 0 Å². The standard InChI is InChI=1S/2C5H8N2.2C5H7NO.C4H7N3/c1-5-3-7(2)4-6-5;1-5-3-4-7(2)6-5;1-4-3-7-5(2)6-4;1-4-3-6-5(2)7-4;1-4-5-3-7(2)6-4/h2*3-4H,1-2H3;3*3H,1-2H3. The first kappa shape index (κ1) is 29.0. The summed E-state index contributed by atoms with van der Waals surface area (Å²) in [6.07, 6.45) is 10.7. The van der Waals surface area contributed by atoms with E-state index in [0.717, 1.165) is 40.4 Å². The first-order valence-electron chi connectivity index (χ1n) is 11.0. The Bertz CT molecular complexity index is 923. The summed E-state index contributed by atoms with van der Waals surface area (Å²) >= 11 is 0. The zero-order chi connectivity index (χ0) is 26.4. The van der Waals surface area contributed by atoms with Crippen molar-refractivity contribution in [3.63, 3.8) is 0 Å². The molecule has 5 rings (SSSR count). The molecule has 0 amide bonds. The molecule has 0 saturated carbocycles. The second-order valence-electron chi connectivity index (χ2n) is 7.77. The topological polar surface area (TPSA) is 118 Å². The number of aryl methyl sites for hydroxylation is 10. The van der Waals surface area contributed by atoms with E-state index in [-0.39, 0.29) is 0 Å². The molecule has 11 heteroatoms. The summed E-state index contributed by atoms with van der Waals surface area (Å²) in [6, 6.07) is 1.97. The maximum atomic E-state index is 4.97. The highest BCUT2D eigenvalue weighted by atomic mass is 16.4. The van der Waals surface area contributed by atoms with E-state index >= 15 is 0 Å². The number of rotatable bonds is 0. The fourth-order valence-electron chi connectivity index (χ4n) is 2.46. The van der Waals surface area contributed by atoms with Gasteiger partial charge in [-0.05, 0) is 40.7 Å². The van der Waals surface area contributed by atoms with Crippen LogP contribution in [0.3, 0.4) is 0 Å². The molecule has 0 aliphatic heterocycles. The molecule has 0 radical (unpaired) electrons. The van der Waals surface area contributed by atoms with Crippen LogP contribution in [0, 0.1) is 48.5 Å². The van der Waals surface area contributed by atoms with E-state index in [9.17, 15) is 0 Å². The summed E-state index contributed by atoms with van der Waals surface area (Å²) in [5.74, 6) is 3.16. The van der Waals surface area contributed by atoms with Crippen LogP contribution in [-0.2, 0) is 21.1 Å². The molecule has 11 nitrogen and oxygen atoms in total. The third kappa shape index (κ3) is 14.0. The van der Waals surface area contributed by atoms with Crippen molar-refractivity contribution in [2.45, 2.75) is 48.5 Å². The fraction of sp³-hybridized carbons (Fsp3) is 0.417. The second-order valence-corrected chi connectivity index (χ2v) is 7.77. The van der Waals surface area contributed by atoms with Gasteiger partial charge in [-0.15, -0.1) is 0 Å². The van der Waals surface area contributed by atoms with Gasteiger partial charge in [0.2, 0.25) is 0 Å². The van der Waals surface area contributed by atoms with Crippen LogP contribution in [0.2, 0.25) is 0 Å². The lowest BCUT2D eigenvalue weighted by atomic mass is 10.5. The van der Waals surface area contributed by atoms with E-state index in [1.54, 1.807) is 34.5 Å². The first-order chi connectivity index (χ1) is 16.4. The third-order valence-corrected chi connectivity index (χ3v) is 3.87. The quantitative estimate of drug-likeness (QED) is 0.322. The molecule has 5 heterocycles. The number of hydrogen-bond donors (Lipinski definition) is 0. The van der Waals surface area contributed by atoms with Crippen molar-refractivity contribution in [1.82, 2.24) is 44.1 Å². The first-order valence-corrected chi connectivity index (χ1v) is 11.0. The van der Waals surface area contributed by atoms with Gasteiger partial charge in [0.05, 0.1) is 29.6 Å². The Kier molecular flexibility index (Phi) is 12.4. The molecule has 0 aromatic carbocycles. The van der Waals surface area contributed by atoms with Gasteiger partial charge in [0.15, 0.2) is 11.8 Å². The highest BCUT2D eigenvalue weighted by molar-refractivity contribution is 4.94. The summed E-state index contributed by atoms with van der Waals surface area (Å²) < 4.78 is 15.2. The normalized spacial score (nSPS) is 9.43. The smallest absolute Gasteiger partial charge is 0.191 e. The Hall–Kier alpha value is -4.02. The molecule has 35 heavy (non-hydrogen) atoms. The molecule has 0 aliphatic carbocycles. The van der Waals surface area contributed by atoms with Crippen molar-refractivity contribution in [2.24, 2.45) is 21.1 Å². The van der Waals surface area contributed by atoms with Crippen LogP contribution in [0.4, 0.5) is 0 Å².